The molecule has 0 radical (unpaired) electrons. The van der Waals surface area contributed by atoms with Crippen LogP contribution in [-0.2, 0) is 0 Å². The molecule has 0 heterocycles. The van der Waals surface area contributed by atoms with Gasteiger partial charge in [-0.3, -0.25) is 19.7 Å². The molecule has 15 heavy (non-hydrogen) atoms. The Bertz CT molecular complexity index is 451. The molecule has 5 nitrogen and oxygen atoms in total. The summed E-state index contributed by atoms with van der Waals surface area (Å²) in [5.41, 5.74) is 0.622. The minimum absolute atomic E-state index is 0.175. The Morgan fingerprint density at radius 2 is 2.07 bits per heavy atom. The summed E-state index contributed by atoms with van der Waals surface area (Å²) in [7, 11) is 0. The van der Waals surface area contributed by atoms with E-state index in [4.69, 9.17) is 0 Å². The zero-order chi connectivity index (χ0) is 11.6. The molecule has 1 aromatic carbocycles. The van der Waals surface area contributed by atoms with E-state index in [1.165, 1.54) is 13.0 Å². The molecule has 0 aliphatic rings. The van der Waals surface area contributed by atoms with Crippen molar-refractivity contribution in [1.29, 1.82) is 0 Å². The van der Waals surface area contributed by atoms with Crippen LogP contribution in [0.2, 0.25) is 0 Å². The third-order valence-electron chi connectivity index (χ3n) is 2.15. The van der Waals surface area contributed by atoms with Crippen LogP contribution < -0.4 is 0 Å². The molecule has 78 valence electrons. The van der Waals surface area contributed by atoms with Gasteiger partial charge in [0.1, 0.15) is 0 Å². The quantitative estimate of drug-likeness (QED) is 0.328. The van der Waals surface area contributed by atoms with Crippen molar-refractivity contribution in [1.82, 2.24) is 0 Å². The minimum atomic E-state index is -0.626. The Hall–Kier alpha value is -2.04. The molecule has 0 aliphatic carbocycles. The van der Waals surface area contributed by atoms with Crippen molar-refractivity contribution >= 4 is 17.8 Å². The summed E-state index contributed by atoms with van der Waals surface area (Å²) in [4.78, 5) is 31.7. The summed E-state index contributed by atoms with van der Waals surface area (Å²) in [5.74, 6) is -0.292. The fourth-order valence-corrected chi connectivity index (χ4v) is 1.31. The third kappa shape index (κ3) is 2.07. The molecular weight excluding hydrogens is 198 g/mol. The molecule has 0 aromatic heterocycles. The minimum Gasteiger partial charge on any atom is -0.298 e. The number of carbonyl (C=O) groups excluding carboxylic acids is 2. The van der Waals surface area contributed by atoms with Crippen LogP contribution in [0.1, 0.15) is 33.2 Å². The van der Waals surface area contributed by atoms with Gasteiger partial charge < -0.3 is 0 Å². The first kappa shape index (κ1) is 11.0. The van der Waals surface area contributed by atoms with E-state index in [2.05, 4.69) is 0 Å². The fraction of sp³-hybridized carbons (Fsp3) is 0.200. The van der Waals surface area contributed by atoms with Crippen LogP contribution >= 0.6 is 0 Å². The normalized spacial score (nSPS) is 9.73. The number of nitro benzene ring substituents is 1. The van der Waals surface area contributed by atoms with Crippen LogP contribution in [-0.4, -0.2) is 17.0 Å². The molecule has 0 fully saturated rings. The van der Waals surface area contributed by atoms with Crippen molar-refractivity contribution in [2.75, 3.05) is 0 Å². The monoisotopic (exact) mass is 207 g/mol. The predicted octanol–water partition coefficient (Wildman–Crippen LogP) is 1.92. The van der Waals surface area contributed by atoms with Crippen molar-refractivity contribution in [2.24, 2.45) is 0 Å². The largest absolute Gasteiger partial charge is 0.298 e. The lowest BCUT2D eigenvalue weighted by Gasteiger charge is -2.04. The average molecular weight is 207 g/mol. The van der Waals surface area contributed by atoms with E-state index in [0.29, 0.717) is 11.8 Å². The molecule has 0 spiro atoms. The highest BCUT2D eigenvalue weighted by Gasteiger charge is 2.15. The Labute approximate surface area is 85.9 Å². The molecule has 1 aromatic rings. The lowest BCUT2D eigenvalue weighted by atomic mass is 9.99. The Morgan fingerprint density at radius 1 is 1.47 bits per heavy atom. The van der Waals surface area contributed by atoms with Crippen LogP contribution in [0.3, 0.4) is 0 Å². The van der Waals surface area contributed by atoms with E-state index in [1.807, 2.05) is 0 Å². The third-order valence-corrected chi connectivity index (χ3v) is 2.15. The number of rotatable bonds is 3. The molecule has 1 rings (SSSR count). The van der Waals surface area contributed by atoms with Gasteiger partial charge in [0.25, 0.3) is 5.69 Å². The molecule has 0 saturated heterocycles. The molecule has 0 saturated carbocycles. The smallest absolute Gasteiger partial charge is 0.270 e. The van der Waals surface area contributed by atoms with E-state index >= 15 is 0 Å². The summed E-state index contributed by atoms with van der Waals surface area (Å²) in [6, 6.07) is 2.35. The first-order valence-corrected chi connectivity index (χ1v) is 4.22. The van der Waals surface area contributed by atoms with Crippen LogP contribution in [0.5, 0.6) is 0 Å². The lowest BCUT2D eigenvalue weighted by molar-refractivity contribution is -0.384. The molecular formula is C10H9NO4. The molecule has 0 bridgehead atoms. The topological polar surface area (TPSA) is 77.3 Å². The van der Waals surface area contributed by atoms with Crippen molar-refractivity contribution in [2.45, 2.75) is 13.8 Å². The first-order chi connectivity index (χ1) is 6.97. The van der Waals surface area contributed by atoms with Crippen LogP contribution in [0.15, 0.2) is 12.1 Å². The van der Waals surface area contributed by atoms with Crippen LogP contribution in [0.25, 0.3) is 0 Å². The standard InChI is InChI=1S/C10H9NO4/c1-6-8(5-12)3-9(11(14)15)4-10(6)7(2)13/h3-5H,1-2H3. The van der Waals surface area contributed by atoms with Crippen molar-refractivity contribution in [3.05, 3.63) is 38.9 Å². The number of non-ortho nitro benzene ring substituents is 1. The highest BCUT2D eigenvalue weighted by molar-refractivity contribution is 5.98. The first-order valence-electron chi connectivity index (χ1n) is 4.22. The van der Waals surface area contributed by atoms with E-state index in [0.717, 1.165) is 6.07 Å². The fourth-order valence-electron chi connectivity index (χ4n) is 1.31. The van der Waals surface area contributed by atoms with E-state index in [-0.39, 0.29) is 22.6 Å². The summed E-state index contributed by atoms with van der Waals surface area (Å²) >= 11 is 0. The maximum atomic E-state index is 11.2. The molecule has 0 unspecified atom stereocenters. The zero-order valence-electron chi connectivity index (χ0n) is 8.31. The van der Waals surface area contributed by atoms with Crippen LogP contribution in [0.4, 0.5) is 5.69 Å². The summed E-state index contributed by atoms with van der Waals surface area (Å²) in [5, 5.41) is 10.5. The summed E-state index contributed by atoms with van der Waals surface area (Å²) < 4.78 is 0. The van der Waals surface area contributed by atoms with E-state index in [9.17, 15) is 19.7 Å². The average Bonchev–Trinajstić information content (AvgIpc) is 2.17. The number of ketones is 1. The molecule has 0 N–H and O–H groups in total. The van der Waals surface area contributed by atoms with Gasteiger partial charge in [-0.05, 0) is 19.4 Å². The molecule has 0 amide bonds. The number of nitro groups is 1. The van der Waals surface area contributed by atoms with Crippen LogP contribution in [0, 0.1) is 17.0 Å². The number of carbonyl (C=O) groups is 2. The second kappa shape index (κ2) is 4.00. The van der Waals surface area contributed by atoms with Gasteiger partial charge in [-0.25, -0.2) is 0 Å². The Morgan fingerprint density at radius 3 is 2.47 bits per heavy atom. The van der Waals surface area contributed by atoms with Gasteiger partial charge in [0.15, 0.2) is 12.1 Å². The molecule has 0 aliphatic heterocycles. The summed E-state index contributed by atoms with van der Waals surface area (Å²) in [6.07, 6.45) is 0.509. The van der Waals surface area contributed by atoms with Crippen molar-refractivity contribution in [3.8, 4) is 0 Å². The number of benzene rings is 1. The zero-order valence-corrected chi connectivity index (χ0v) is 8.31. The SMILES string of the molecule is CC(=O)c1cc([N+](=O)[O-])cc(C=O)c1C. The van der Waals surface area contributed by atoms with Gasteiger partial charge in [0, 0.05) is 23.3 Å². The Kier molecular flexibility index (Phi) is 2.94. The van der Waals surface area contributed by atoms with E-state index in [1.54, 1.807) is 6.92 Å². The van der Waals surface area contributed by atoms with Crippen molar-refractivity contribution < 1.29 is 14.5 Å². The highest BCUT2D eigenvalue weighted by Crippen LogP contribution is 2.21. The predicted molar refractivity (Wildman–Crippen MR) is 53.2 cm³/mol. The van der Waals surface area contributed by atoms with Gasteiger partial charge in [-0.15, -0.1) is 0 Å². The highest BCUT2D eigenvalue weighted by atomic mass is 16.6. The lowest BCUT2D eigenvalue weighted by Crippen LogP contribution is -2.02. The van der Waals surface area contributed by atoms with Crippen molar-refractivity contribution in [3.63, 3.8) is 0 Å². The second-order valence-corrected chi connectivity index (χ2v) is 3.14. The number of Topliss-reactive ketones (excluding diaryl/α,β-unsaturated/α-hetero) is 1. The van der Waals surface area contributed by atoms with Gasteiger partial charge in [0.05, 0.1) is 4.92 Å². The maximum Gasteiger partial charge on any atom is 0.270 e. The van der Waals surface area contributed by atoms with Gasteiger partial charge >= 0.3 is 0 Å². The molecule has 0 atom stereocenters. The molecule has 5 heteroatoms. The van der Waals surface area contributed by atoms with Gasteiger partial charge in [-0.1, -0.05) is 0 Å². The second-order valence-electron chi connectivity index (χ2n) is 3.14. The number of aldehydes is 1. The van der Waals surface area contributed by atoms with Gasteiger partial charge in [-0.2, -0.15) is 0 Å². The number of hydrogen-bond acceptors (Lipinski definition) is 4. The number of nitrogens with zero attached hydrogens (tertiary/aromatic N) is 1. The Balaban J connectivity index is 3.51. The van der Waals surface area contributed by atoms with Gasteiger partial charge in [0.2, 0.25) is 0 Å². The summed E-state index contributed by atoms with van der Waals surface area (Å²) in [6.45, 7) is 2.89. The van der Waals surface area contributed by atoms with E-state index < -0.39 is 4.92 Å². The number of hydrogen-bond donors (Lipinski definition) is 0. The maximum absolute atomic E-state index is 11.2.